The van der Waals surface area contributed by atoms with Gasteiger partial charge in [-0.15, -0.1) is 0 Å². The van der Waals surface area contributed by atoms with Crippen LogP contribution in [0.25, 0.3) is 0 Å². The third kappa shape index (κ3) is 8.01. The van der Waals surface area contributed by atoms with E-state index < -0.39 is 5.60 Å². The van der Waals surface area contributed by atoms with Crippen molar-refractivity contribution in [2.24, 2.45) is 0 Å². The van der Waals surface area contributed by atoms with Crippen molar-refractivity contribution in [3.8, 4) is 0 Å². The predicted molar refractivity (Wildman–Crippen MR) is 55.2 cm³/mol. The van der Waals surface area contributed by atoms with Gasteiger partial charge in [0.25, 0.3) is 0 Å². The van der Waals surface area contributed by atoms with Gasteiger partial charge in [0.1, 0.15) is 5.60 Å². The number of hydrogen-bond donors (Lipinski definition) is 1. The van der Waals surface area contributed by atoms with Gasteiger partial charge in [-0.1, -0.05) is 0 Å². The maximum atomic E-state index is 11.2. The Balaban J connectivity index is 3.55. The average Bonchev–Trinajstić information content (AvgIpc) is 2.00. The van der Waals surface area contributed by atoms with Crippen LogP contribution in [0.1, 0.15) is 27.7 Å². The smallest absolute Gasteiger partial charge is 0.320 e. The standard InChI is InChI=1S/C10H21NO3/c1-8(13-5)6-11-7-9(12)14-10(2,3)4/h8,11H,6-7H2,1-5H3. The van der Waals surface area contributed by atoms with Crippen LogP contribution in [-0.4, -0.2) is 37.9 Å². The minimum absolute atomic E-state index is 0.109. The molecule has 0 amide bonds. The van der Waals surface area contributed by atoms with Gasteiger partial charge in [-0.3, -0.25) is 4.79 Å². The summed E-state index contributed by atoms with van der Waals surface area (Å²) >= 11 is 0. The molecule has 0 aromatic heterocycles. The molecule has 0 aliphatic rings. The summed E-state index contributed by atoms with van der Waals surface area (Å²) < 4.78 is 10.1. The van der Waals surface area contributed by atoms with Crippen molar-refractivity contribution in [1.29, 1.82) is 0 Å². The molecule has 84 valence electrons. The number of esters is 1. The van der Waals surface area contributed by atoms with Gasteiger partial charge >= 0.3 is 5.97 Å². The molecule has 0 aromatic carbocycles. The van der Waals surface area contributed by atoms with Crippen LogP contribution >= 0.6 is 0 Å². The third-order valence-corrected chi connectivity index (χ3v) is 1.52. The predicted octanol–water partition coefficient (Wildman–Crippen LogP) is 0.953. The minimum Gasteiger partial charge on any atom is -0.459 e. The Morgan fingerprint density at radius 2 is 2.00 bits per heavy atom. The second-order valence-electron chi connectivity index (χ2n) is 4.26. The zero-order chi connectivity index (χ0) is 11.2. The van der Waals surface area contributed by atoms with E-state index >= 15 is 0 Å². The molecule has 0 spiro atoms. The van der Waals surface area contributed by atoms with Crippen molar-refractivity contribution in [3.63, 3.8) is 0 Å². The molecular formula is C10H21NO3. The van der Waals surface area contributed by atoms with Crippen LogP contribution in [0.15, 0.2) is 0 Å². The summed E-state index contributed by atoms with van der Waals surface area (Å²) in [6.07, 6.45) is 0.109. The number of rotatable bonds is 5. The van der Waals surface area contributed by atoms with E-state index in [1.165, 1.54) is 0 Å². The number of methoxy groups -OCH3 is 1. The van der Waals surface area contributed by atoms with Gasteiger partial charge in [0.05, 0.1) is 12.6 Å². The third-order valence-electron chi connectivity index (χ3n) is 1.52. The zero-order valence-electron chi connectivity index (χ0n) is 9.72. The number of ether oxygens (including phenoxy) is 2. The molecule has 1 N–H and O–H groups in total. The van der Waals surface area contributed by atoms with Crippen molar-refractivity contribution >= 4 is 5.97 Å². The summed E-state index contributed by atoms with van der Waals surface area (Å²) in [6, 6.07) is 0. The first-order chi connectivity index (χ1) is 6.35. The fourth-order valence-electron chi connectivity index (χ4n) is 0.838. The Labute approximate surface area is 86.0 Å². The summed E-state index contributed by atoms with van der Waals surface area (Å²) in [5.74, 6) is -0.235. The molecule has 4 heteroatoms. The monoisotopic (exact) mass is 203 g/mol. The Morgan fingerprint density at radius 3 is 2.43 bits per heavy atom. The topological polar surface area (TPSA) is 47.6 Å². The number of nitrogens with one attached hydrogen (secondary N) is 1. The molecule has 0 aromatic rings. The Kier molecular flexibility index (Phi) is 5.72. The SMILES string of the molecule is COC(C)CNCC(=O)OC(C)(C)C. The Bertz CT molecular complexity index is 175. The van der Waals surface area contributed by atoms with Gasteiger partial charge in [-0.2, -0.15) is 0 Å². The summed E-state index contributed by atoms with van der Waals surface area (Å²) in [6.45, 7) is 8.36. The van der Waals surface area contributed by atoms with Gasteiger partial charge in [0, 0.05) is 13.7 Å². The molecule has 4 nitrogen and oxygen atoms in total. The molecule has 14 heavy (non-hydrogen) atoms. The summed E-state index contributed by atoms with van der Waals surface area (Å²) in [7, 11) is 1.64. The normalized spacial score (nSPS) is 13.8. The lowest BCUT2D eigenvalue weighted by Gasteiger charge is -2.19. The van der Waals surface area contributed by atoms with Gasteiger partial charge < -0.3 is 14.8 Å². The number of carbonyl (C=O) groups is 1. The van der Waals surface area contributed by atoms with Crippen LogP contribution in [0.2, 0.25) is 0 Å². The van der Waals surface area contributed by atoms with Gasteiger partial charge in [-0.05, 0) is 27.7 Å². The van der Waals surface area contributed by atoms with E-state index in [1.807, 2.05) is 27.7 Å². The van der Waals surface area contributed by atoms with Crippen molar-refractivity contribution in [2.75, 3.05) is 20.2 Å². The second-order valence-corrected chi connectivity index (χ2v) is 4.26. The van der Waals surface area contributed by atoms with E-state index in [2.05, 4.69) is 5.32 Å². The molecule has 1 atom stereocenters. The van der Waals surface area contributed by atoms with Crippen LogP contribution < -0.4 is 5.32 Å². The lowest BCUT2D eigenvalue weighted by atomic mass is 10.2. The highest BCUT2D eigenvalue weighted by molar-refractivity contribution is 5.72. The van der Waals surface area contributed by atoms with Crippen LogP contribution in [0.3, 0.4) is 0 Å². The molecule has 1 unspecified atom stereocenters. The molecule has 0 fully saturated rings. The molecule has 0 heterocycles. The number of carbonyl (C=O) groups excluding carboxylic acids is 1. The summed E-state index contributed by atoms with van der Waals surface area (Å²) in [4.78, 5) is 11.2. The van der Waals surface area contributed by atoms with E-state index in [4.69, 9.17) is 9.47 Å². The van der Waals surface area contributed by atoms with E-state index in [0.717, 1.165) is 0 Å². The van der Waals surface area contributed by atoms with E-state index in [1.54, 1.807) is 7.11 Å². The first kappa shape index (κ1) is 13.4. The maximum absolute atomic E-state index is 11.2. The second kappa shape index (κ2) is 5.98. The highest BCUT2D eigenvalue weighted by atomic mass is 16.6. The fourth-order valence-corrected chi connectivity index (χ4v) is 0.838. The minimum atomic E-state index is -0.411. The molecule has 0 aliphatic carbocycles. The van der Waals surface area contributed by atoms with E-state index in [9.17, 15) is 4.79 Å². The average molecular weight is 203 g/mol. The highest BCUT2D eigenvalue weighted by Crippen LogP contribution is 2.06. The van der Waals surface area contributed by atoms with Crippen molar-refractivity contribution < 1.29 is 14.3 Å². The van der Waals surface area contributed by atoms with Crippen molar-refractivity contribution in [1.82, 2.24) is 5.32 Å². The summed E-state index contributed by atoms with van der Waals surface area (Å²) in [5, 5.41) is 2.96. The molecule has 0 rings (SSSR count). The highest BCUT2D eigenvalue weighted by Gasteiger charge is 2.15. The molecule has 0 saturated carbocycles. The molecular weight excluding hydrogens is 182 g/mol. The first-order valence-electron chi connectivity index (χ1n) is 4.80. The summed E-state index contributed by atoms with van der Waals surface area (Å²) in [5.41, 5.74) is -0.411. The maximum Gasteiger partial charge on any atom is 0.320 e. The Hall–Kier alpha value is -0.610. The molecule has 0 radical (unpaired) electrons. The van der Waals surface area contributed by atoms with Crippen LogP contribution in [0, 0.1) is 0 Å². The van der Waals surface area contributed by atoms with Crippen molar-refractivity contribution in [2.45, 2.75) is 39.4 Å². The van der Waals surface area contributed by atoms with E-state index in [-0.39, 0.29) is 18.6 Å². The van der Waals surface area contributed by atoms with E-state index in [0.29, 0.717) is 6.54 Å². The van der Waals surface area contributed by atoms with Crippen LogP contribution in [-0.2, 0) is 14.3 Å². The first-order valence-corrected chi connectivity index (χ1v) is 4.80. The van der Waals surface area contributed by atoms with Crippen LogP contribution in [0.4, 0.5) is 0 Å². The van der Waals surface area contributed by atoms with Gasteiger partial charge in [0.15, 0.2) is 0 Å². The Morgan fingerprint density at radius 1 is 1.43 bits per heavy atom. The van der Waals surface area contributed by atoms with Crippen molar-refractivity contribution in [3.05, 3.63) is 0 Å². The fraction of sp³-hybridized carbons (Fsp3) is 0.900. The lowest BCUT2D eigenvalue weighted by molar-refractivity contribution is -0.153. The van der Waals surface area contributed by atoms with Gasteiger partial charge in [-0.25, -0.2) is 0 Å². The van der Waals surface area contributed by atoms with Gasteiger partial charge in [0.2, 0.25) is 0 Å². The number of hydrogen-bond acceptors (Lipinski definition) is 4. The zero-order valence-corrected chi connectivity index (χ0v) is 9.72. The molecule has 0 bridgehead atoms. The quantitative estimate of drug-likeness (QED) is 0.676. The lowest BCUT2D eigenvalue weighted by Crippen LogP contribution is -2.34. The molecule has 0 saturated heterocycles. The molecule has 0 aliphatic heterocycles. The largest absolute Gasteiger partial charge is 0.459 e. The van der Waals surface area contributed by atoms with Crippen LogP contribution in [0.5, 0.6) is 0 Å².